The van der Waals surface area contributed by atoms with Gasteiger partial charge in [0.1, 0.15) is 5.75 Å². The molecule has 8 nitrogen and oxygen atoms in total. The predicted molar refractivity (Wildman–Crippen MR) is 117 cm³/mol. The Labute approximate surface area is 181 Å². The standard InChI is InChI=1S/C23H25N5O3/c1-30-15-18-12-16(5-6-21(18)31-2)22(29)26-19-8-11-28(14-19)23-25-10-7-20(27-23)17-4-3-9-24-13-17/h3-7,9-10,12-13,19H,8,11,14-15H2,1-2H3,(H,26,29). The van der Waals surface area contributed by atoms with E-state index in [0.717, 1.165) is 29.8 Å². The van der Waals surface area contributed by atoms with E-state index >= 15 is 0 Å². The molecule has 0 bridgehead atoms. The van der Waals surface area contributed by atoms with Crippen LogP contribution in [0.5, 0.6) is 5.75 Å². The van der Waals surface area contributed by atoms with Crippen molar-refractivity contribution in [1.82, 2.24) is 20.3 Å². The number of carbonyl (C=O) groups is 1. The number of nitrogens with zero attached hydrogens (tertiary/aromatic N) is 4. The number of hydrogen-bond donors (Lipinski definition) is 1. The van der Waals surface area contributed by atoms with Gasteiger partial charge in [0.2, 0.25) is 5.95 Å². The maximum atomic E-state index is 12.8. The van der Waals surface area contributed by atoms with Crippen LogP contribution >= 0.6 is 0 Å². The normalized spacial score (nSPS) is 15.7. The zero-order chi connectivity index (χ0) is 21.6. The van der Waals surface area contributed by atoms with Crippen LogP contribution in [0.15, 0.2) is 55.0 Å². The minimum atomic E-state index is -0.114. The highest BCUT2D eigenvalue weighted by molar-refractivity contribution is 5.94. The first-order valence-corrected chi connectivity index (χ1v) is 10.1. The van der Waals surface area contributed by atoms with Crippen molar-refractivity contribution in [3.8, 4) is 17.0 Å². The maximum absolute atomic E-state index is 12.8. The molecular formula is C23H25N5O3. The summed E-state index contributed by atoms with van der Waals surface area (Å²) in [7, 11) is 3.22. The van der Waals surface area contributed by atoms with Gasteiger partial charge in [0.15, 0.2) is 0 Å². The summed E-state index contributed by atoms with van der Waals surface area (Å²) in [6.45, 7) is 1.81. The Hall–Kier alpha value is -3.52. The van der Waals surface area contributed by atoms with E-state index in [0.29, 0.717) is 30.4 Å². The minimum Gasteiger partial charge on any atom is -0.496 e. The van der Waals surface area contributed by atoms with E-state index in [4.69, 9.17) is 9.47 Å². The number of pyridine rings is 1. The number of benzene rings is 1. The molecule has 31 heavy (non-hydrogen) atoms. The Morgan fingerprint density at radius 3 is 2.90 bits per heavy atom. The fraction of sp³-hybridized carbons (Fsp3) is 0.304. The summed E-state index contributed by atoms with van der Waals surface area (Å²) >= 11 is 0. The van der Waals surface area contributed by atoms with Crippen molar-refractivity contribution in [2.24, 2.45) is 0 Å². The Morgan fingerprint density at radius 1 is 1.23 bits per heavy atom. The van der Waals surface area contributed by atoms with Crippen LogP contribution in [0.4, 0.5) is 5.95 Å². The Bertz CT molecular complexity index is 1040. The number of amides is 1. The molecule has 1 aromatic carbocycles. The first-order chi connectivity index (χ1) is 15.2. The van der Waals surface area contributed by atoms with E-state index in [1.54, 1.807) is 44.9 Å². The number of ether oxygens (including phenoxy) is 2. The molecule has 8 heteroatoms. The summed E-state index contributed by atoms with van der Waals surface area (Å²) in [5, 5.41) is 3.12. The van der Waals surface area contributed by atoms with Crippen LogP contribution in [-0.4, -0.2) is 54.2 Å². The van der Waals surface area contributed by atoms with Crippen molar-refractivity contribution in [3.63, 3.8) is 0 Å². The first-order valence-electron chi connectivity index (χ1n) is 10.1. The van der Waals surface area contributed by atoms with Gasteiger partial charge in [0.25, 0.3) is 5.91 Å². The van der Waals surface area contributed by atoms with Crippen LogP contribution in [0.3, 0.4) is 0 Å². The summed E-state index contributed by atoms with van der Waals surface area (Å²) < 4.78 is 10.5. The topological polar surface area (TPSA) is 89.5 Å². The summed E-state index contributed by atoms with van der Waals surface area (Å²) in [6, 6.07) is 11.1. The lowest BCUT2D eigenvalue weighted by Crippen LogP contribution is -2.37. The molecule has 0 saturated carbocycles. The lowest BCUT2D eigenvalue weighted by atomic mass is 10.1. The number of nitrogens with one attached hydrogen (secondary N) is 1. The summed E-state index contributed by atoms with van der Waals surface area (Å²) in [4.78, 5) is 28.1. The molecule has 1 unspecified atom stereocenters. The molecule has 1 amide bonds. The number of rotatable bonds is 7. The fourth-order valence-corrected chi connectivity index (χ4v) is 3.69. The van der Waals surface area contributed by atoms with Gasteiger partial charge in [-0.1, -0.05) is 0 Å². The third-order valence-electron chi connectivity index (χ3n) is 5.25. The van der Waals surface area contributed by atoms with Crippen LogP contribution in [0.2, 0.25) is 0 Å². The summed E-state index contributed by atoms with van der Waals surface area (Å²) in [5.74, 6) is 1.25. The molecule has 1 aliphatic rings. The van der Waals surface area contributed by atoms with Crippen molar-refractivity contribution in [2.45, 2.75) is 19.1 Å². The molecule has 2 aromatic heterocycles. The quantitative estimate of drug-likeness (QED) is 0.630. The second kappa shape index (κ2) is 9.53. The fourth-order valence-electron chi connectivity index (χ4n) is 3.69. The highest BCUT2D eigenvalue weighted by atomic mass is 16.5. The van der Waals surface area contributed by atoms with Gasteiger partial charge < -0.3 is 19.7 Å². The van der Waals surface area contributed by atoms with Crippen LogP contribution in [0.25, 0.3) is 11.3 Å². The lowest BCUT2D eigenvalue weighted by Gasteiger charge is -2.18. The highest BCUT2D eigenvalue weighted by Crippen LogP contribution is 2.23. The molecular weight excluding hydrogens is 394 g/mol. The molecule has 1 N–H and O–H groups in total. The van der Waals surface area contributed by atoms with E-state index in [1.807, 2.05) is 24.3 Å². The second-order valence-electron chi connectivity index (χ2n) is 7.35. The van der Waals surface area contributed by atoms with Gasteiger partial charge in [0.05, 0.1) is 19.4 Å². The van der Waals surface area contributed by atoms with Crippen LogP contribution in [0, 0.1) is 0 Å². The van der Waals surface area contributed by atoms with Crippen LogP contribution in [0.1, 0.15) is 22.3 Å². The molecule has 160 valence electrons. The molecule has 3 heterocycles. The average Bonchev–Trinajstić information content (AvgIpc) is 3.28. The molecule has 4 rings (SSSR count). The third kappa shape index (κ3) is 4.80. The zero-order valence-electron chi connectivity index (χ0n) is 17.6. The average molecular weight is 419 g/mol. The van der Waals surface area contributed by atoms with Gasteiger partial charge in [-0.2, -0.15) is 0 Å². The SMILES string of the molecule is COCc1cc(C(=O)NC2CCN(c3nccc(-c4cccnc4)n3)C2)ccc1OC. The number of anilines is 1. The predicted octanol–water partition coefficient (Wildman–Crippen LogP) is 2.70. The van der Waals surface area contributed by atoms with Gasteiger partial charge in [0, 0.05) is 61.5 Å². The highest BCUT2D eigenvalue weighted by Gasteiger charge is 2.26. The van der Waals surface area contributed by atoms with Gasteiger partial charge >= 0.3 is 0 Å². The van der Waals surface area contributed by atoms with Gasteiger partial charge in [-0.15, -0.1) is 0 Å². The molecule has 0 radical (unpaired) electrons. The van der Waals surface area contributed by atoms with Crippen LogP contribution < -0.4 is 15.0 Å². The Kier molecular flexibility index (Phi) is 6.37. The maximum Gasteiger partial charge on any atom is 0.251 e. The lowest BCUT2D eigenvalue weighted by molar-refractivity contribution is 0.0940. The van der Waals surface area contributed by atoms with Crippen molar-refractivity contribution in [3.05, 3.63) is 66.1 Å². The molecule has 1 fully saturated rings. The number of carbonyl (C=O) groups excluding carboxylic acids is 1. The number of methoxy groups -OCH3 is 2. The van der Waals surface area contributed by atoms with Crippen molar-refractivity contribution < 1.29 is 14.3 Å². The zero-order valence-corrected chi connectivity index (χ0v) is 17.6. The monoisotopic (exact) mass is 419 g/mol. The smallest absolute Gasteiger partial charge is 0.251 e. The van der Waals surface area contributed by atoms with Crippen LogP contribution in [-0.2, 0) is 11.3 Å². The molecule has 0 spiro atoms. The minimum absolute atomic E-state index is 0.0196. The van der Waals surface area contributed by atoms with Crippen molar-refractivity contribution >= 4 is 11.9 Å². The Morgan fingerprint density at radius 2 is 2.13 bits per heavy atom. The summed E-state index contributed by atoms with van der Waals surface area (Å²) in [6.07, 6.45) is 6.10. The number of hydrogen-bond acceptors (Lipinski definition) is 7. The molecule has 1 atom stereocenters. The molecule has 1 aliphatic heterocycles. The van der Waals surface area contributed by atoms with Gasteiger partial charge in [-0.3, -0.25) is 9.78 Å². The largest absolute Gasteiger partial charge is 0.496 e. The van der Waals surface area contributed by atoms with Crippen molar-refractivity contribution in [1.29, 1.82) is 0 Å². The van der Waals surface area contributed by atoms with Gasteiger partial charge in [-0.05, 0) is 42.8 Å². The van der Waals surface area contributed by atoms with E-state index in [1.165, 1.54) is 0 Å². The molecule has 3 aromatic rings. The van der Waals surface area contributed by atoms with E-state index < -0.39 is 0 Å². The summed E-state index contributed by atoms with van der Waals surface area (Å²) in [5.41, 5.74) is 3.20. The Balaban J connectivity index is 1.42. The molecule has 0 aliphatic carbocycles. The van der Waals surface area contributed by atoms with E-state index in [2.05, 4.69) is 25.2 Å². The number of aromatic nitrogens is 3. The van der Waals surface area contributed by atoms with Crippen molar-refractivity contribution in [2.75, 3.05) is 32.2 Å². The van der Waals surface area contributed by atoms with E-state index in [9.17, 15) is 4.79 Å². The van der Waals surface area contributed by atoms with Gasteiger partial charge in [-0.25, -0.2) is 9.97 Å². The first kappa shape index (κ1) is 20.7. The second-order valence-corrected chi connectivity index (χ2v) is 7.35. The van der Waals surface area contributed by atoms with E-state index in [-0.39, 0.29) is 11.9 Å². The third-order valence-corrected chi connectivity index (χ3v) is 5.25. The molecule has 1 saturated heterocycles.